The molecule has 14 aliphatic rings. The molecule has 0 spiro atoms. The first-order valence-corrected chi connectivity index (χ1v) is 41.5. The number of rotatable bonds is 10. The van der Waals surface area contributed by atoms with Crippen LogP contribution in [0.4, 0.5) is 0 Å². The number of ether oxygens (including phenoxy) is 1. The smallest absolute Gasteiger partial charge is 0.465 e. The van der Waals surface area contributed by atoms with Gasteiger partial charge in [-0.05, 0) is 96.8 Å². The van der Waals surface area contributed by atoms with E-state index in [2.05, 4.69) is 0 Å². The van der Waals surface area contributed by atoms with E-state index in [1.54, 1.807) is 5.06 Å². The van der Waals surface area contributed by atoms with Crippen LogP contribution >= 0.6 is 0 Å². The first-order chi connectivity index (χ1) is 32.1. The minimum Gasteiger partial charge on any atom is -0.465 e. The fraction of sp³-hybridized carbons (Fsp3) is 0.976. The first kappa shape index (κ1) is 46.4. The lowest BCUT2D eigenvalue weighted by atomic mass is 10.2. The van der Waals surface area contributed by atoms with Gasteiger partial charge in [-0.3, -0.25) is 9.63 Å². The molecule has 7 aliphatic heterocycles. The molecule has 7 aliphatic carbocycles. The summed E-state index contributed by atoms with van der Waals surface area (Å²) in [6, 6.07) is -0.707. The average molecular weight is 1060 g/mol. The molecule has 66 heavy (non-hydrogen) atoms. The summed E-state index contributed by atoms with van der Waals surface area (Å²) in [6.45, 7) is 2.11. The first-order valence-electron chi connectivity index (χ1n) is 27.1. The van der Waals surface area contributed by atoms with Crippen LogP contribution in [0.2, 0.25) is 38.8 Å². The fourth-order valence-electron chi connectivity index (χ4n) is 15.1. The number of hydroxylamine groups is 2. The van der Waals surface area contributed by atoms with Gasteiger partial charge in [0, 0.05) is 52.3 Å². The van der Waals surface area contributed by atoms with Gasteiger partial charge in [0.25, 0.3) is 0 Å². The van der Waals surface area contributed by atoms with Crippen molar-refractivity contribution < 1.29 is 63.8 Å². The van der Waals surface area contributed by atoms with E-state index < -0.39 is 82.2 Å². The highest BCUT2D eigenvalue weighted by Crippen LogP contribution is 2.66. The molecule has 8 bridgehead atoms. The van der Waals surface area contributed by atoms with E-state index in [-0.39, 0.29) is 57.8 Å². The predicted octanol–water partition coefficient (Wildman–Crippen LogP) is 9.48. The molecule has 14 rings (SSSR count). The van der Waals surface area contributed by atoms with E-state index in [4.69, 9.17) is 59.0 Å². The highest BCUT2D eigenvalue weighted by Gasteiger charge is 2.89. The van der Waals surface area contributed by atoms with Gasteiger partial charge >= 0.3 is 76.4 Å². The van der Waals surface area contributed by atoms with Crippen LogP contribution in [0.1, 0.15) is 193 Å². The zero-order valence-corrected chi connectivity index (χ0v) is 47.5. The van der Waals surface area contributed by atoms with Gasteiger partial charge in [0.1, 0.15) is 11.8 Å². The Kier molecular flexibility index (Phi) is 12.2. The van der Waals surface area contributed by atoms with E-state index in [1.165, 1.54) is 0 Å². The van der Waals surface area contributed by atoms with E-state index in [0.29, 0.717) is 0 Å². The van der Waals surface area contributed by atoms with Crippen LogP contribution in [0.25, 0.3) is 0 Å². The Morgan fingerprint density at radius 1 is 0.394 bits per heavy atom. The summed E-state index contributed by atoms with van der Waals surface area (Å²) in [4.78, 5) is 20.9. The van der Waals surface area contributed by atoms with Gasteiger partial charge in [0.15, 0.2) is 0 Å². The van der Waals surface area contributed by atoms with Crippen molar-refractivity contribution >= 4 is 76.4 Å². The summed E-state index contributed by atoms with van der Waals surface area (Å²) < 4.78 is 107. The number of carbonyl (C=O) groups is 1. The number of hydrogen-bond donors (Lipinski definition) is 0. The number of carbonyl (C=O) groups excluding carboxylic acids is 1. The minimum atomic E-state index is -4.48. The molecular formula is C42H75NO15Si8. The van der Waals surface area contributed by atoms with Gasteiger partial charge in [-0.2, -0.15) is 5.06 Å². The maximum absolute atomic E-state index is 13.9. The maximum Gasteiger partial charge on any atom is 0.511 e. The van der Waals surface area contributed by atoms with Gasteiger partial charge in [-0.15, -0.1) is 0 Å². The molecule has 7 heterocycles. The van der Waals surface area contributed by atoms with Gasteiger partial charge < -0.3 is 54.1 Å². The van der Waals surface area contributed by atoms with Crippen molar-refractivity contribution in [1.29, 1.82) is 0 Å². The highest BCUT2D eigenvalue weighted by molar-refractivity contribution is 7.04. The lowest BCUT2D eigenvalue weighted by Gasteiger charge is -2.67. The molecule has 2 atom stereocenters. The molecule has 7 saturated heterocycles. The third-order valence-electron chi connectivity index (χ3n) is 18.5. The molecule has 24 heteroatoms. The SMILES string of the molecule is CCOC(=O)[C@H]1C[C@H]([Si]23O[Si]4(C5CCCC5)O[Si]5(C6CCCC6)O[Si]6(C7CCCC7)O[Si](C7CCCC7)(O4)O[Si](C4CCCC4)(O[Si](C4CCCC4)(O6)O[Si](C4CCCC4)(O5)O2)O3)ON1C. The summed E-state index contributed by atoms with van der Waals surface area (Å²) >= 11 is 0. The van der Waals surface area contributed by atoms with E-state index in [9.17, 15) is 4.79 Å². The molecule has 0 radical (unpaired) electrons. The zero-order valence-electron chi connectivity index (χ0n) is 39.5. The van der Waals surface area contributed by atoms with Crippen molar-refractivity contribution in [2.45, 2.75) is 244 Å². The fourth-order valence-corrected chi connectivity index (χ4v) is 71.4. The highest BCUT2D eigenvalue weighted by atomic mass is 28.6. The lowest BCUT2D eigenvalue weighted by Crippen LogP contribution is -2.91. The van der Waals surface area contributed by atoms with E-state index >= 15 is 0 Å². The largest absolute Gasteiger partial charge is 0.511 e. The number of likely N-dealkylation sites (N-methyl/N-ethyl adjacent to an activating group) is 1. The Hall–Kier alpha value is 0.645. The van der Waals surface area contributed by atoms with Gasteiger partial charge in [0.05, 0.1) is 6.61 Å². The Labute approximate surface area is 400 Å². The topological polar surface area (TPSA) is 150 Å². The van der Waals surface area contributed by atoms with Crippen LogP contribution in [0.15, 0.2) is 0 Å². The molecule has 0 aromatic carbocycles. The predicted molar refractivity (Wildman–Crippen MR) is 252 cm³/mol. The Morgan fingerprint density at radius 3 is 0.818 bits per heavy atom. The quantitative estimate of drug-likeness (QED) is 0.151. The van der Waals surface area contributed by atoms with Crippen molar-refractivity contribution in [3.8, 4) is 0 Å². The maximum atomic E-state index is 13.9. The van der Waals surface area contributed by atoms with Gasteiger partial charge in [-0.1, -0.05) is 89.9 Å². The Bertz CT molecular complexity index is 1640. The molecule has 0 amide bonds. The second-order valence-corrected chi connectivity index (χ2v) is 48.4. The molecule has 0 unspecified atom stereocenters. The van der Waals surface area contributed by atoms with Crippen molar-refractivity contribution in [2.75, 3.05) is 13.7 Å². The molecule has 0 aromatic heterocycles. The normalized spacial score (nSPS) is 49.1. The van der Waals surface area contributed by atoms with Crippen LogP contribution in [0, 0.1) is 0 Å². The molecule has 7 saturated carbocycles. The number of hydrogen-bond acceptors (Lipinski definition) is 16. The van der Waals surface area contributed by atoms with Crippen molar-refractivity contribution in [1.82, 2.24) is 5.06 Å². The standard InChI is InChI=1S/C42H75NO15Si8/c1-3-45-42(44)40-32-41(46-43(40)2)66-56-63(37-26-12-13-27-37)50-60(34-20-6-7-21-34)47-59(33-18-4-5-19-33)48-61(52-63,35-22-8-9-23-35)54-65(58-66,39-30-16-17-31-39)55-62(49-59,36-24-10-11-25-36)53-64(51-60,57-66)38-28-14-15-29-38/h33-41H,3-32H2,1-2H3/t40-,41+,59?,60?,61?,62?,63?,64?,65?,66?/m1/s1. The van der Waals surface area contributed by atoms with Crippen LogP contribution in [-0.4, -0.2) is 107 Å². The van der Waals surface area contributed by atoms with Crippen LogP contribution in [-0.2, 0) is 63.8 Å². The molecule has 0 N–H and O–H groups in total. The molecule has 370 valence electrons. The molecular weight excluding hydrogens is 983 g/mol. The van der Waals surface area contributed by atoms with E-state index in [1.807, 2.05) is 14.0 Å². The number of nitrogens with zero attached hydrogens (tertiary/aromatic N) is 1. The third-order valence-corrected chi connectivity index (χ3v) is 58.0. The monoisotopic (exact) mass is 1060 g/mol. The van der Waals surface area contributed by atoms with Crippen molar-refractivity contribution in [2.24, 2.45) is 0 Å². The van der Waals surface area contributed by atoms with Crippen LogP contribution in [0.5, 0.6) is 0 Å². The van der Waals surface area contributed by atoms with Crippen LogP contribution in [0.3, 0.4) is 0 Å². The van der Waals surface area contributed by atoms with Crippen LogP contribution < -0.4 is 0 Å². The second kappa shape index (κ2) is 17.4. The summed E-state index contributed by atoms with van der Waals surface area (Å²) in [5, 5.41) is 1.64. The molecule has 0 aromatic rings. The summed E-state index contributed by atoms with van der Waals surface area (Å²) in [6.07, 6.45) is 27.7. The second-order valence-electron chi connectivity index (χ2n) is 22.6. The Morgan fingerprint density at radius 2 is 0.606 bits per heavy atom. The summed E-state index contributed by atoms with van der Waals surface area (Å²) in [7, 11) is -31.2. The van der Waals surface area contributed by atoms with E-state index in [0.717, 1.165) is 180 Å². The average Bonchev–Trinajstić information content (AvgIpc) is 4.12. The number of esters is 1. The van der Waals surface area contributed by atoms with Crippen molar-refractivity contribution in [3.05, 3.63) is 0 Å². The summed E-state index contributed by atoms with van der Waals surface area (Å²) in [5.74, 6) is -0.345. The molecule has 14 fully saturated rings. The van der Waals surface area contributed by atoms with Gasteiger partial charge in [0.2, 0.25) is 0 Å². The Balaban J connectivity index is 1.12. The van der Waals surface area contributed by atoms with Gasteiger partial charge in [-0.25, -0.2) is 0 Å². The third kappa shape index (κ3) is 7.36. The minimum absolute atomic E-state index is 0.0166. The summed E-state index contributed by atoms with van der Waals surface area (Å²) in [5.41, 5.74) is -1.11. The zero-order chi connectivity index (χ0) is 44.5. The lowest BCUT2D eigenvalue weighted by molar-refractivity contribution is -0.171. The van der Waals surface area contributed by atoms with Crippen molar-refractivity contribution in [3.63, 3.8) is 0 Å². The molecule has 16 nitrogen and oxygen atoms in total.